The number of hydrogen-bond acceptors (Lipinski definition) is 4. The summed E-state index contributed by atoms with van der Waals surface area (Å²) in [6, 6.07) is 0.645. The van der Waals surface area contributed by atoms with Crippen molar-refractivity contribution in [1.29, 1.82) is 0 Å². The molecule has 1 saturated heterocycles. The van der Waals surface area contributed by atoms with Crippen LogP contribution in [0.4, 0.5) is 5.13 Å². The zero-order valence-electron chi connectivity index (χ0n) is 13.4. The maximum atomic E-state index is 5.01. The van der Waals surface area contributed by atoms with Crippen molar-refractivity contribution in [3.05, 3.63) is 10.6 Å². The van der Waals surface area contributed by atoms with Crippen molar-refractivity contribution in [3.8, 4) is 0 Å². The third-order valence-corrected chi connectivity index (χ3v) is 5.49. The molecule has 20 heavy (non-hydrogen) atoms. The highest BCUT2D eigenvalue weighted by atomic mass is 32.1. The van der Waals surface area contributed by atoms with Gasteiger partial charge in [-0.2, -0.15) is 0 Å². The number of anilines is 1. The van der Waals surface area contributed by atoms with Crippen LogP contribution in [0.5, 0.6) is 0 Å². The van der Waals surface area contributed by atoms with Gasteiger partial charge in [-0.25, -0.2) is 4.98 Å². The lowest BCUT2D eigenvalue weighted by atomic mass is 10.0. The fourth-order valence-electron chi connectivity index (χ4n) is 2.80. The number of hydrogen-bond donors (Lipinski definition) is 1. The Morgan fingerprint density at radius 2 is 2.20 bits per heavy atom. The van der Waals surface area contributed by atoms with E-state index in [1.165, 1.54) is 41.5 Å². The summed E-state index contributed by atoms with van der Waals surface area (Å²) in [7, 11) is 0. The Bertz CT molecular complexity index is 416. The molecule has 2 heterocycles. The van der Waals surface area contributed by atoms with Gasteiger partial charge in [-0.15, -0.1) is 11.3 Å². The minimum Gasteiger partial charge on any atom is -0.345 e. The molecule has 1 aromatic heterocycles. The maximum absolute atomic E-state index is 5.01. The molecule has 0 radical (unpaired) electrons. The lowest BCUT2D eigenvalue weighted by molar-refractivity contribution is 0.483. The number of thiazole rings is 1. The molecule has 2 atom stereocenters. The maximum Gasteiger partial charge on any atom is 0.186 e. The average molecular weight is 295 g/mol. The summed E-state index contributed by atoms with van der Waals surface area (Å²) in [6.07, 6.45) is 5.15. The van der Waals surface area contributed by atoms with Crippen LogP contribution >= 0.6 is 11.3 Å². The van der Waals surface area contributed by atoms with Gasteiger partial charge in [-0.1, -0.05) is 20.8 Å². The van der Waals surface area contributed by atoms with Crippen molar-refractivity contribution < 1.29 is 0 Å². The van der Waals surface area contributed by atoms with E-state index >= 15 is 0 Å². The second kappa shape index (κ2) is 7.41. The van der Waals surface area contributed by atoms with Crippen molar-refractivity contribution in [2.75, 3.05) is 18.0 Å². The van der Waals surface area contributed by atoms with E-state index in [0.29, 0.717) is 12.0 Å². The van der Waals surface area contributed by atoms with Gasteiger partial charge in [0.25, 0.3) is 0 Å². The Labute approximate surface area is 127 Å². The van der Waals surface area contributed by atoms with Crippen LogP contribution in [-0.4, -0.2) is 24.1 Å². The minimum atomic E-state index is 0.564. The van der Waals surface area contributed by atoms with Gasteiger partial charge in [0.2, 0.25) is 0 Å². The molecule has 0 spiro atoms. The Morgan fingerprint density at radius 3 is 2.85 bits per heavy atom. The lowest BCUT2D eigenvalue weighted by Crippen LogP contribution is -2.37. The van der Waals surface area contributed by atoms with E-state index in [1.54, 1.807) is 0 Å². The van der Waals surface area contributed by atoms with Crippen LogP contribution in [0.1, 0.15) is 69.9 Å². The first kappa shape index (κ1) is 15.8. The van der Waals surface area contributed by atoms with Crippen LogP contribution in [-0.2, 0) is 6.54 Å². The monoisotopic (exact) mass is 295 g/mol. The largest absolute Gasteiger partial charge is 0.345 e. The number of piperidine rings is 1. The molecule has 3 nitrogen and oxygen atoms in total. The molecule has 0 aliphatic carbocycles. The van der Waals surface area contributed by atoms with Crippen molar-refractivity contribution in [2.24, 2.45) is 0 Å². The van der Waals surface area contributed by atoms with Gasteiger partial charge in [-0.3, -0.25) is 0 Å². The summed E-state index contributed by atoms with van der Waals surface area (Å²) in [6.45, 7) is 12.2. The number of nitrogens with zero attached hydrogens (tertiary/aromatic N) is 2. The molecule has 2 unspecified atom stereocenters. The predicted octanol–water partition coefficient (Wildman–Crippen LogP) is 4.14. The molecular weight excluding hydrogens is 266 g/mol. The SMILES string of the molecule is CCNCc1sc(N2CCCCC2C)nc1C(C)CC. The molecule has 0 amide bonds. The second-order valence-corrected chi connectivity index (χ2v) is 6.99. The van der Waals surface area contributed by atoms with E-state index < -0.39 is 0 Å². The van der Waals surface area contributed by atoms with E-state index in [0.717, 1.165) is 19.5 Å². The summed E-state index contributed by atoms with van der Waals surface area (Å²) in [5.41, 5.74) is 1.33. The normalized spacial score (nSPS) is 21.2. The molecule has 2 rings (SSSR count). The number of rotatable bonds is 6. The van der Waals surface area contributed by atoms with Gasteiger partial charge < -0.3 is 10.2 Å². The van der Waals surface area contributed by atoms with Crippen molar-refractivity contribution >= 4 is 16.5 Å². The van der Waals surface area contributed by atoms with Crippen molar-refractivity contribution in [3.63, 3.8) is 0 Å². The predicted molar refractivity (Wildman–Crippen MR) is 88.9 cm³/mol. The van der Waals surface area contributed by atoms with E-state index in [2.05, 4.69) is 37.9 Å². The molecule has 114 valence electrons. The topological polar surface area (TPSA) is 28.2 Å². The highest BCUT2D eigenvalue weighted by Crippen LogP contribution is 2.34. The summed E-state index contributed by atoms with van der Waals surface area (Å²) >= 11 is 1.91. The third kappa shape index (κ3) is 3.53. The van der Waals surface area contributed by atoms with E-state index in [9.17, 15) is 0 Å². The summed E-state index contributed by atoms with van der Waals surface area (Å²) in [5, 5.41) is 4.71. The van der Waals surface area contributed by atoms with Gasteiger partial charge in [0, 0.05) is 24.0 Å². The van der Waals surface area contributed by atoms with Crippen molar-refractivity contribution in [1.82, 2.24) is 10.3 Å². The molecule has 1 aliphatic heterocycles. The van der Waals surface area contributed by atoms with Gasteiger partial charge in [0.15, 0.2) is 5.13 Å². The van der Waals surface area contributed by atoms with Crippen LogP contribution in [0.25, 0.3) is 0 Å². The van der Waals surface area contributed by atoms with E-state index in [4.69, 9.17) is 4.98 Å². The molecular formula is C16H29N3S. The lowest BCUT2D eigenvalue weighted by Gasteiger charge is -2.33. The number of nitrogens with one attached hydrogen (secondary N) is 1. The van der Waals surface area contributed by atoms with E-state index in [-0.39, 0.29) is 0 Å². The van der Waals surface area contributed by atoms with Crippen molar-refractivity contribution in [2.45, 2.75) is 71.9 Å². The number of aromatic nitrogens is 1. The standard InChI is InChI=1S/C16H29N3S/c1-5-12(3)15-14(11-17-6-2)20-16(18-15)19-10-8-7-9-13(19)4/h12-13,17H,5-11H2,1-4H3. The van der Waals surface area contributed by atoms with Gasteiger partial charge in [0.1, 0.15) is 0 Å². The Balaban J connectivity index is 2.22. The molecule has 0 aromatic carbocycles. The summed E-state index contributed by atoms with van der Waals surface area (Å²) < 4.78 is 0. The Kier molecular flexibility index (Phi) is 5.85. The molecule has 1 aromatic rings. The highest BCUT2D eigenvalue weighted by molar-refractivity contribution is 7.15. The van der Waals surface area contributed by atoms with Gasteiger partial charge in [0.05, 0.1) is 5.69 Å². The first-order valence-corrected chi connectivity index (χ1v) is 8.95. The summed E-state index contributed by atoms with van der Waals surface area (Å²) in [4.78, 5) is 8.97. The van der Waals surface area contributed by atoms with Gasteiger partial charge >= 0.3 is 0 Å². The fraction of sp³-hybridized carbons (Fsp3) is 0.812. The minimum absolute atomic E-state index is 0.564. The third-order valence-electron chi connectivity index (χ3n) is 4.38. The molecule has 4 heteroatoms. The second-order valence-electron chi connectivity index (χ2n) is 5.93. The fourth-order valence-corrected chi connectivity index (χ4v) is 4.08. The van der Waals surface area contributed by atoms with Crippen LogP contribution in [0.15, 0.2) is 0 Å². The molecule has 1 aliphatic rings. The van der Waals surface area contributed by atoms with Crippen LogP contribution in [0.3, 0.4) is 0 Å². The molecule has 0 saturated carbocycles. The Morgan fingerprint density at radius 1 is 1.40 bits per heavy atom. The van der Waals surface area contributed by atoms with Gasteiger partial charge in [-0.05, 0) is 45.1 Å². The van der Waals surface area contributed by atoms with E-state index in [1.807, 2.05) is 11.3 Å². The molecule has 1 N–H and O–H groups in total. The summed E-state index contributed by atoms with van der Waals surface area (Å²) in [5.74, 6) is 0.564. The quantitative estimate of drug-likeness (QED) is 0.854. The highest BCUT2D eigenvalue weighted by Gasteiger charge is 2.24. The average Bonchev–Trinajstić information content (AvgIpc) is 2.88. The first-order chi connectivity index (χ1) is 9.67. The zero-order valence-corrected chi connectivity index (χ0v) is 14.2. The Hall–Kier alpha value is -0.610. The first-order valence-electron chi connectivity index (χ1n) is 8.14. The van der Waals surface area contributed by atoms with Crippen LogP contribution in [0.2, 0.25) is 0 Å². The molecule has 1 fully saturated rings. The van der Waals surface area contributed by atoms with Crippen LogP contribution < -0.4 is 10.2 Å². The smallest absolute Gasteiger partial charge is 0.186 e. The molecule has 0 bridgehead atoms. The zero-order chi connectivity index (χ0) is 14.5. The van der Waals surface area contributed by atoms with Crippen LogP contribution in [0, 0.1) is 0 Å².